The summed E-state index contributed by atoms with van der Waals surface area (Å²) in [5.74, 6) is 6.05. The van der Waals surface area contributed by atoms with E-state index in [4.69, 9.17) is 10.6 Å². The Bertz CT molecular complexity index is 646. The molecule has 0 saturated carbocycles. The van der Waals surface area contributed by atoms with Gasteiger partial charge in [0.2, 0.25) is 0 Å². The molecule has 2 heterocycles. The zero-order chi connectivity index (χ0) is 13.9. The van der Waals surface area contributed by atoms with Crippen LogP contribution in [0.1, 0.15) is 22.1 Å². The third-order valence-corrected chi connectivity index (χ3v) is 3.02. The summed E-state index contributed by atoms with van der Waals surface area (Å²) in [6.45, 7) is 0.410. The lowest BCUT2D eigenvalue weighted by Crippen LogP contribution is -2.30. The smallest absolute Gasteiger partial charge is 0.272 e. The molecule has 0 saturated heterocycles. The van der Waals surface area contributed by atoms with Crippen LogP contribution in [-0.4, -0.2) is 22.5 Å². The van der Waals surface area contributed by atoms with Gasteiger partial charge in [0.25, 0.3) is 5.91 Å². The molecule has 102 valence electrons. The zero-order valence-electron chi connectivity index (χ0n) is 10.5. The number of nitrogens with two attached hydrogens (primary N) is 1. The predicted molar refractivity (Wildman–Crippen MR) is 72.0 cm³/mol. The maximum atomic E-state index is 12.1. The lowest BCUT2D eigenvalue weighted by Gasteiger charge is -2.11. The van der Waals surface area contributed by atoms with Crippen LogP contribution in [0, 0.1) is 0 Å². The topological polar surface area (TPSA) is 102 Å². The molecule has 0 bridgehead atoms. The number of rotatable bonds is 3. The summed E-state index contributed by atoms with van der Waals surface area (Å²) in [6.07, 6.45) is 2.82. The van der Waals surface area contributed by atoms with Gasteiger partial charge in [0, 0.05) is 5.56 Å². The highest BCUT2D eigenvalue weighted by Crippen LogP contribution is 2.31. The molecule has 7 nitrogen and oxygen atoms in total. The molecule has 0 aliphatic carbocycles. The molecule has 1 aromatic heterocycles. The van der Waals surface area contributed by atoms with Crippen molar-refractivity contribution in [1.82, 2.24) is 15.3 Å². The Morgan fingerprint density at radius 2 is 2.20 bits per heavy atom. The fraction of sp³-hybridized carbons (Fsp3) is 0.154. The van der Waals surface area contributed by atoms with Gasteiger partial charge in [-0.2, -0.15) is 0 Å². The summed E-state index contributed by atoms with van der Waals surface area (Å²) >= 11 is 0. The van der Waals surface area contributed by atoms with Gasteiger partial charge in [0.1, 0.15) is 18.1 Å². The van der Waals surface area contributed by atoms with Gasteiger partial charge in [-0.3, -0.25) is 9.78 Å². The third-order valence-electron chi connectivity index (χ3n) is 3.02. The average Bonchev–Trinajstić information content (AvgIpc) is 2.90. The Morgan fingerprint density at radius 1 is 1.35 bits per heavy atom. The van der Waals surface area contributed by atoms with Gasteiger partial charge in [-0.1, -0.05) is 18.2 Å². The van der Waals surface area contributed by atoms with E-state index in [-0.39, 0.29) is 17.6 Å². The number of nitrogens with one attached hydrogen (secondary N) is 2. The molecule has 1 aliphatic heterocycles. The van der Waals surface area contributed by atoms with Crippen LogP contribution >= 0.6 is 0 Å². The van der Waals surface area contributed by atoms with Gasteiger partial charge < -0.3 is 15.5 Å². The van der Waals surface area contributed by atoms with Crippen molar-refractivity contribution in [2.24, 2.45) is 5.84 Å². The molecule has 1 aliphatic rings. The number of nitrogen functional groups attached to an aromatic ring is 1. The maximum absolute atomic E-state index is 12.1. The van der Waals surface area contributed by atoms with E-state index in [0.717, 1.165) is 11.3 Å². The van der Waals surface area contributed by atoms with E-state index < -0.39 is 0 Å². The summed E-state index contributed by atoms with van der Waals surface area (Å²) in [6, 6.07) is 7.42. The number of aromatic nitrogens is 2. The molecule has 7 heteroatoms. The molecule has 20 heavy (non-hydrogen) atoms. The van der Waals surface area contributed by atoms with Crippen LogP contribution in [0.15, 0.2) is 36.7 Å². The zero-order valence-corrected chi connectivity index (χ0v) is 10.5. The highest BCUT2D eigenvalue weighted by Gasteiger charge is 2.25. The number of amides is 1. The number of hydrazine groups is 1. The van der Waals surface area contributed by atoms with E-state index in [1.807, 2.05) is 24.3 Å². The fourth-order valence-corrected chi connectivity index (χ4v) is 2.06. The van der Waals surface area contributed by atoms with Crippen LogP contribution in [0.4, 0.5) is 5.82 Å². The van der Waals surface area contributed by atoms with E-state index in [1.54, 1.807) is 0 Å². The fourth-order valence-electron chi connectivity index (χ4n) is 2.06. The maximum Gasteiger partial charge on any atom is 0.272 e. The normalized spacial score (nSPS) is 16.1. The largest absolute Gasteiger partial charge is 0.491 e. The summed E-state index contributed by atoms with van der Waals surface area (Å²) < 4.78 is 5.51. The van der Waals surface area contributed by atoms with Gasteiger partial charge >= 0.3 is 0 Å². The molecular formula is C13H13N5O2. The van der Waals surface area contributed by atoms with Crippen molar-refractivity contribution < 1.29 is 9.53 Å². The van der Waals surface area contributed by atoms with Crippen LogP contribution in [-0.2, 0) is 0 Å². The highest BCUT2D eigenvalue weighted by molar-refractivity contribution is 5.92. The number of carbonyl (C=O) groups excluding carboxylic acids is 1. The Hall–Kier alpha value is -2.67. The predicted octanol–water partition coefficient (Wildman–Crippen LogP) is 0.626. The second-order valence-corrected chi connectivity index (χ2v) is 4.31. The van der Waals surface area contributed by atoms with Crippen LogP contribution in [0.2, 0.25) is 0 Å². The molecule has 0 fully saturated rings. The van der Waals surface area contributed by atoms with Crippen LogP contribution < -0.4 is 21.3 Å². The lowest BCUT2D eigenvalue weighted by molar-refractivity contribution is 0.0925. The number of nitrogens with zero attached hydrogens (tertiary/aromatic N) is 2. The van der Waals surface area contributed by atoms with E-state index in [1.165, 1.54) is 12.4 Å². The van der Waals surface area contributed by atoms with Crippen molar-refractivity contribution in [1.29, 1.82) is 0 Å². The molecule has 4 N–H and O–H groups in total. The number of para-hydroxylation sites is 1. The van der Waals surface area contributed by atoms with Crippen molar-refractivity contribution in [2.45, 2.75) is 6.04 Å². The standard InChI is InChI=1S/C13H13N5O2/c14-18-12-6-15-5-9(16-12)13(19)17-10-7-20-11-4-2-1-3-8(10)11/h1-6,10H,7,14H2,(H,16,18)(H,17,19). The molecule has 3 rings (SSSR count). The molecule has 2 aromatic rings. The van der Waals surface area contributed by atoms with Gasteiger partial charge in [-0.05, 0) is 6.07 Å². The minimum absolute atomic E-state index is 0.185. The molecule has 1 aromatic carbocycles. The van der Waals surface area contributed by atoms with Crippen LogP contribution in [0.5, 0.6) is 5.75 Å². The first-order valence-electron chi connectivity index (χ1n) is 6.09. The number of fused-ring (bicyclic) bond motifs is 1. The van der Waals surface area contributed by atoms with Crippen molar-refractivity contribution in [2.75, 3.05) is 12.0 Å². The number of carbonyl (C=O) groups is 1. The van der Waals surface area contributed by atoms with Gasteiger partial charge in [0.15, 0.2) is 5.82 Å². The molecular weight excluding hydrogens is 258 g/mol. The summed E-state index contributed by atoms with van der Waals surface area (Å²) in [4.78, 5) is 20.1. The van der Waals surface area contributed by atoms with Crippen molar-refractivity contribution in [3.63, 3.8) is 0 Å². The Kier molecular flexibility index (Phi) is 3.18. The summed E-state index contributed by atoms with van der Waals surface area (Å²) in [5, 5.41) is 2.87. The number of ether oxygens (including phenoxy) is 1. The minimum Gasteiger partial charge on any atom is -0.491 e. The Morgan fingerprint density at radius 3 is 3.05 bits per heavy atom. The van der Waals surface area contributed by atoms with Crippen molar-refractivity contribution >= 4 is 11.7 Å². The van der Waals surface area contributed by atoms with E-state index in [9.17, 15) is 4.79 Å². The second kappa shape index (κ2) is 5.14. The Labute approximate surface area is 115 Å². The molecule has 1 atom stereocenters. The SMILES string of the molecule is NNc1cncc(C(=O)NC2COc3ccccc32)n1. The first-order chi connectivity index (χ1) is 9.78. The quantitative estimate of drug-likeness (QED) is 0.559. The van der Waals surface area contributed by atoms with Crippen LogP contribution in [0.3, 0.4) is 0 Å². The lowest BCUT2D eigenvalue weighted by atomic mass is 10.1. The van der Waals surface area contributed by atoms with Gasteiger partial charge in [-0.15, -0.1) is 0 Å². The van der Waals surface area contributed by atoms with E-state index >= 15 is 0 Å². The molecule has 1 amide bonds. The van der Waals surface area contributed by atoms with Gasteiger partial charge in [0.05, 0.1) is 18.4 Å². The summed E-state index contributed by atoms with van der Waals surface area (Å²) in [5.41, 5.74) is 3.51. The first-order valence-corrected chi connectivity index (χ1v) is 6.09. The number of hydrogen-bond donors (Lipinski definition) is 3. The number of anilines is 1. The Balaban J connectivity index is 1.77. The average molecular weight is 271 g/mol. The van der Waals surface area contributed by atoms with Crippen LogP contribution in [0.25, 0.3) is 0 Å². The molecule has 0 radical (unpaired) electrons. The van der Waals surface area contributed by atoms with Crippen molar-refractivity contribution in [3.05, 3.63) is 47.9 Å². The monoisotopic (exact) mass is 271 g/mol. The number of benzene rings is 1. The van der Waals surface area contributed by atoms with Crippen molar-refractivity contribution in [3.8, 4) is 5.75 Å². The summed E-state index contributed by atoms with van der Waals surface area (Å²) in [7, 11) is 0. The van der Waals surface area contributed by atoms with E-state index in [0.29, 0.717) is 12.4 Å². The number of hydrogen-bond acceptors (Lipinski definition) is 6. The van der Waals surface area contributed by atoms with E-state index in [2.05, 4.69) is 20.7 Å². The third kappa shape index (κ3) is 2.26. The highest BCUT2D eigenvalue weighted by atomic mass is 16.5. The first kappa shape index (κ1) is 12.4. The molecule has 0 spiro atoms. The second-order valence-electron chi connectivity index (χ2n) is 4.31. The van der Waals surface area contributed by atoms with Gasteiger partial charge in [-0.25, -0.2) is 10.8 Å². The molecule has 1 unspecified atom stereocenters. The minimum atomic E-state index is -0.320.